The quantitative estimate of drug-likeness (QED) is 0.580. The Bertz CT molecular complexity index is 700. The molecule has 0 fully saturated rings. The van der Waals surface area contributed by atoms with E-state index in [2.05, 4.69) is 12.1 Å². The molecule has 17 heavy (non-hydrogen) atoms. The largest absolute Gasteiger partial charge is 0.192 e. The van der Waals surface area contributed by atoms with E-state index in [9.17, 15) is 0 Å². The Balaban J connectivity index is 2.25. The lowest BCUT2D eigenvalue weighted by molar-refractivity contribution is 1.24. The predicted octanol–water partition coefficient (Wildman–Crippen LogP) is 3.00. The van der Waals surface area contributed by atoms with Crippen LogP contribution in [0.3, 0.4) is 0 Å². The second-order valence-corrected chi connectivity index (χ2v) is 4.10. The summed E-state index contributed by atoms with van der Waals surface area (Å²) in [5.41, 5.74) is 5.91. The van der Waals surface area contributed by atoms with Gasteiger partial charge in [0.05, 0.1) is 23.3 Å². The van der Waals surface area contributed by atoms with Gasteiger partial charge in [0.2, 0.25) is 0 Å². The number of nitrogens with zero attached hydrogens (tertiary/aromatic N) is 2. The third-order valence-electron chi connectivity index (χ3n) is 3.19. The lowest BCUT2D eigenvalue weighted by Gasteiger charge is -2.01. The number of benzene rings is 2. The zero-order chi connectivity index (χ0) is 11.8. The highest BCUT2D eigenvalue weighted by Gasteiger charge is 2.20. The van der Waals surface area contributed by atoms with Crippen LogP contribution in [-0.2, 0) is 6.42 Å². The number of fused-ring (bicyclic) bond motifs is 3. The molecule has 0 aliphatic heterocycles. The molecule has 1 aliphatic carbocycles. The van der Waals surface area contributed by atoms with E-state index < -0.39 is 0 Å². The number of rotatable bonds is 0. The van der Waals surface area contributed by atoms with E-state index in [0.717, 1.165) is 34.2 Å². The fourth-order valence-electron chi connectivity index (χ4n) is 2.40. The van der Waals surface area contributed by atoms with Crippen LogP contribution in [0.25, 0.3) is 11.1 Å². The molecule has 2 aromatic carbocycles. The van der Waals surface area contributed by atoms with E-state index in [1.54, 1.807) is 0 Å². The molecule has 78 valence electrons. The van der Waals surface area contributed by atoms with Gasteiger partial charge in [0.25, 0.3) is 0 Å². The molecule has 0 saturated heterocycles. The maximum atomic E-state index is 9.08. The van der Waals surface area contributed by atoms with Gasteiger partial charge in [0.1, 0.15) is 0 Å². The van der Waals surface area contributed by atoms with Gasteiger partial charge >= 0.3 is 0 Å². The van der Waals surface area contributed by atoms with Crippen LogP contribution in [-0.4, -0.2) is 0 Å². The fraction of sp³-hybridized carbons (Fsp3) is 0.0667. The summed E-state index contributed by atoms with van der Waals surface area (Å²) in [5, 5.41) is 18.0. The molecule has 0 N–H and O–H groups in total. The predicted molar refractivity (Wildman–Crippen MR) is 64.1 cm³/mol. The van der Waals surface area contributed by atoms with Gasteiger partial charge in [-0.2, -0.15) is 10.5 Å². The molecule has 2 nitrogen and oxygen atoms in total. The highest BCUT2D eigenvalue weighted by molar-refractivity contribution is 5.79. The van der Waals surface area contributed by atoms with Crippen molar-refractivity contribution in [2.75, 3.05) is 0 Å². The van der Waals surface area contributed by atoms with Crippen molar-refractivity contribution in [3.8, 4) is 23.3 Å². The minimum atomic E-state index is 0.676. The van der Waals surface area contributed by atoms with Crippen molar-refractivity contribution in [1.29, 1.82) is 10.5 Å². The minimum absolute atomic E-state index is 0.676. The molecule has 3 rings (SSSR count). The average molecular weight is 216 g/mol. The molecule has 0 spiro atoms. The van der Waals surface area contributed by atoms with Crippen LogP contribution in [0, 0.1) is 22.7 Å². The van der Waals surface area contributed by atoms with E-state index in [-0.39, 0.29) is 0 Å². The van der Waals surface area contributed by atoms with Gasteiger partial charge < -0.3 is 0 Å². The van der Waals surface area contributed by atoms with Crippen molar-refractivity contribution in [3.05, 3.63) is 58.7 Å². The SMILES string of the molecule is N#Cc1ccc2c(c1)Cc1c(C#N)cccc1-2. The van der Waals surface area contributed by atoms with Crippen LogP contribution in [0.15, 0.2) is 36.4 Å². The Morgan fingerprint density at radius 3 is 2.59 bits per heavy atom. The molecule has 0 atom stereocenters. The van der Waals surface area contributed by atoms with Gasteiger partial charge in [-0.1, -0.05) is 18.2 Å². The Morgan fingerprint density at radius 2 is 1.82 bits per heavy atom. The van der Waals surface area contributed by atoms with E-state index >= 15 is 0 Å². The minimum Gasteiger partial charge on any atom is -0.192 e. The maximum absolute atomic E-state index is 9.08. The fourth-order valence-corrected chi connectivity index (χ4v) is 2.40. The first-order valence-electron chi connectivity index (χ1n) is 5.39. The van der Waals surface area contributed by atoms with Crippen molar-refractivity contribution in [1.82, 2.24) is 0 Å². The summed E-state index contributed by atoms with van der Waals surface area (Å²) in [6.45, 7) is 0. The molecule has 0 amide bonds. The topological polar surface area (TPSA) is 47.6 Å². The molecular weight excluding hydrogens is 208 g/mol. The summed E-state index contributed by atoms with van der Waals surface area (Å²) >= 11 is 0. The van der Waals surface area contributed by atoms with Crippen LogP contribution in [0.1, 0.15) is 22.3 Å². The van der Waals surface area contributed by atoms with Gasteiger partial charge in [-0.25, -0.2) is 0 Å². The standard InChI is InChI=1S/C15H8N2/c16-8-10-4-5-13-12(6-10)7-15-11(9-17)2-1-3-14(13)15/h1-6H,7H2. The molecule has 1 aliphatic rings. The molecule has 2 heteroatoms. The Labute approximate surface area is 99.4 Å². The van der Waals surface area contributed by atoms with Crippen LogP contribution in [0.2, 0.25) is 0 Å². The maximum Gasteiger partial charge on any atom is 0.0994 e. The van der Waals surface area contributed by atoms with Crippen molar-refractivity contribution in [2.24, 2.45) is 0 Å². The molecule has 2 aromatic rings. The van der Waals surface area contributed by atoms with Crippen LogP contribution in [0.4, 0.5) is 0 Å². The second-order valence-electron chi connectivity index (χ2n) is 4.10. The smallest absolute Gasteiger partial charge is 0.0994 e. The second kappa shape index (κ2) is 3.47. The molecule has 0 bridgehead atoms. The molecule has 0 radical (unpaired) electrons. The Hall–Kier alpha value is -2.58. The third kappa shape index (κ3) is 1.32. The molecule has 0 saturated carbocycles. The van der Waals surface area contributed by atoms with Crippen molar-refractivity contribution < 1.29 is 0 Å². The first kappa shape index (κ1) is 9.63. The zero-order valence-corrected chi connectivity index (χ0v) is 9.07. The van der Waals surface area contributed by atoms with E-state index in [1.165, 1.54) is 0 Å². The average Bonchev–Trinajstić information content (AvgIpc) is 2.75. The number of hydrogen-bond acceptors (Lipinski definition) is 2. The van der Waals surface area contributed by atoms with Crippen molar-refractivity contribution in [3.63, 3.8) is 0 Å². The van der Waals surface area contributed by atoms with Gasteiger partial charge in [-0.15, -0.1) is 0 Å². The first-order valence-corrected chi connectivity index (χ1v) is 5.39. The molecule has 0 heterocycles. The van der Waals surface area contributed by atoms with Gasteiger partial charge in [-0.05, 0) is 40.5 Å². The third-order valence-corrected chi connectivity index (χ3v) is 3.19. The first-order chi connectivity index (χ1) is 8.33. The van der Waals surface area contributed by atoms with Gasteiger partial charge in [0, 0.05) is 6.42 Å². The Morgan fingerprint density at radius 1 is 0.941 bits per heavy atom. The molecule has 0 unspecified atom stereocenters. The summed E-state index contributed by atoms with van der Waals surface area (Å²) in [7, 11) is 0. The van der Waals surface area contributed by atoms with Gasteiger partial charge in [0.15, 0.2) is 0 Å². The van der Waals surface area contributed by atoms with E-state index in [0.29, 0.717) is 5.56 Å². The van der Waals surface area contributed by atoms with E-state index in [4.69, 9.17) is 10.5 Å². The number of nitriles is 2. The summed E-state index contributed by atoms with van der Waals surface area (Å²) in [6, 6.07) is 15.9. The van der Waals surface area contributed by atoms with Gasteiger partial charge in [-0.3, -0.25) is 0 Å². The summed E-state index contributed by atoms with van der Waals surface area (Å²) in [5.74, 6) is 0. The van der Waals surface area contributed by atoms with Crippen LogP contribution >= 0.6 is 0 Å². The van der Waals surface area contributed by atoms with Crippen molar-refractivity contribution >= 4 is 0 Å². The summed E-state index contributed by atoms with van der Waals surface area (Å²) in [4.78, 5) is 0. The normalized spacial score (nSPS) is 11.2. The van der Waals surface area contributed by atoms with E-state index in [1.807, 2.05) is 36.4 Å². The van der Waals surface area contributed by atoms with Crippen LogP contribution in [0.5, 0.6) is 0 Å². The molecular formula is C15H8N2. The lowest BCUT2D eigenvalue weighted by Crippen LogP contribution is -1.86. The number of hydrogen-bond donors (Lipinski definition) is 0. The van der Waals surface area contributed by atoms with Crippen molar-refractivity contribution in [2.45, 2.75) is 6.42 Å². The highest BCUT2D eigenvalue weighted by Crippen LogP contribution is 2.38. The van der Waals surface area contributed by atoms with Crippen LogP contribution < -0.4 is 0 Å². The highest BCUT2D eigenvalue weighted by atomic mass is 14.3. The zero-order valence-electron chi connectivity index (χ0n) is 9.07. The monoisotopic (exact) mass is 216 g/mol. The molecule has 0 aromatic heterocycles. The summed E-state index contributed by atoms with van der Waals surface area (Å²) in [6.07, 6.45) is 0.754. The summed E-state index contributed by atoms with van der Waals surface area (Å²) < 4.78 is 0. The Kier molecular flexibility index (Phi) is 1.97. The lowest BCUT2D eigenvalue weighted by atomic mass is 10.0.